The molecule has 4 rings (SSSR count). The minimum Gasteiger partial charge on any atom is -0.354 e. The summed E-state index contributed by atoms with van der Waals surface area (Å²) in [5.74, 6) is 1.46. The second kappa shape index (κ2) is 7.94. The van der Waals surface area contributed by atoms with Crippen molar-refractivity contribution < 1.29 is 4.79 Å². The first kappa shape index (κ1) is 17.1. The van der Waals surface area contributed by atoms with Gasteiger partial charge in [0.1, 0.15) is 0 Å². The van der Waals surface area contributed by atoms with Gasteiger partial charge in [0.25, 0.3) is 0 Å². The fraction of sp³-hybridized carbons (Fsp3) is 0.316. The number of amides is 1. The summed E-state index contributed by atoms with van der Waals surface area (Å²) < 4.78 is 1.67. The zero-order valence-corrected chi connectivity index (χ0v) is 14.9. The van der Waals surface area contributed by atoms with E-state index >= 15 is 0 Å². The number of nitrogens with one attached hydrogen (secondary N) is 1. The molecule has 0 aliphatic carbocycles. The first-order valence-electron chi connectivity index (χ1n) is 9.06. The molecule has 1 saturated heterocycles. The van der Waals surface area contributed by atoms with E-state index in [1.165, 1.54) is 0 Å². The SMILES string of the molecule is O=C(NCc1ccccn1)[C@H]1CCCN(c2ccc(-n3cccn3)nn2)C1. The maximum absolute atomic E-state index is 12.5. The Morgan fingerprint density at radius 3 is 2.74 bits per heavy atom. The summed E-state index contributed by atoms with van der Waals surface area (Å²) >= 11 is 0. The third-order valence-corrected chi connectivity index (χ3v) is 4.66. The molecule has 1 aliphatic heterocycles. The van der Waals surface area contributed by atoms with E-state index in [2.05, 4.69) is 30.5 Å². The molecule has 1 amide bonds. The van der Waals surface area contributed by atoms with Gasteiger partial charge >= 0.3 is 0 Å². The van der Waals surface area contributed by atoms with Crippen molar-refractivity contribution >= 4 is 11.7 Å². The van der Waals surface area contributed by atoms with Crippen molar-refractivity contribution in [1.82, 2.24) is 30.3 Å². The van der Waals surface area contributed by atoms with E-state index in [0.717, 1.165) is 30.9 Å². The van der Waals surface area contributed by atoms with Crippen LogP contribution < -0.4 is 10.2 Å². The molecule has 27 heavy (non-hydrogen) atoms. The number of carbonyl (C=O) groups excluding carboxylic acids is 1. The van der Waals surface area contributed by atoms with Crippen molar-refractivity contribution in [1.29, 1.82) is 0 Å². The Hall–Kier alpha value is -3.29. The van der Waals surface area contributed by atoms with Crippen molar-refractivity contribution in [3.05, 3.63) is 60.7 Å². The van der Waals surface area contributed by atoms with E-state index in [9.17, 15) is 4.79 Å². The van der Waals surface area contributed by atoms with E-state index in [0.29, 0.717) is 18.9 Å². The van der Waals surface area contributed by atoms with Crippen LogP contribution in [-0.2, 0) is 11.3 Å². The number of aromatic nitrogens is 5. The molecule has 8 nitrogen and oxygen atoms in total. The van der Waals surface area contributed by atoms with Gasteiger partial charge in [0.15, 0.2) is 11.6 Å². The van der Waals surface area contributed by atoms with Crippen molar-refractivity contribution in [3.8, 4) is 5.82 Å². The molecule has 0 bridgehead atoms. The second-order valence-corrected chi connectivity index (χ2v) is 6.52. The van der Waals surface area contributed by atoms with E-state index in [4.69, 9.17) is 0 Å². The summed E-state index contributed by atoms with van der Waals surface area (Å²) in [6.07, 6.45) is 7.09. The van der Waals surface area contributed by atoms with Crippen LogP contribution in [0, 0.1) is 5.92 Å². The molecule has 1 atom stereocenters. The van der Waals surface area contributed by atoms with Crippen LogP contribution in [0.4, 0.5) is 5.82 Å². The zero-order valence-electron chi connectivity index (χ0n) is 14.9. The Morgan fingerprint density at radius 2 is 2.00 bits per heavy atom. The molecule has 3 aromatic rings. The average molecular weight is 363 g/mol. The van der Waals surface area contributed by atoms with Gasteiger partial charge in [0.2, 0.25) is 5.91 Å². The van der Waals surface area contributed by atoms with E-state index < -0.39 is 0 Å². The molecule has 8 heteroatoms. The quantitative estimate of drug-likeness (QED) is 0.741. The van der Waals surface area contributed by atoms with E-state index in [1.807, 2.05) is 42.6 Å². The predicted molar refractivity (Wildman–Crippen MR) is 100 cm³/mol. The first-order valence-corrected chi connectivity index (χ1v) is 9.06. The van der Waals surface area contributed by atoms with Crippen molar-refractivity contribution in [3.63, 3.8) is 0 Å². The average Bonchev–Trinajstić information content (AvgIpc) is 3.28. The van der Waals surface area contributed by atoms with E-state index in [1.54, 1.807) is 17.1 Å². The van der Waals surface area contributed by atoms with Crippen LogP contribution in [0.5, 0.6) is 0 Å². The van der Waals surface area contributed by atoms with Gasteiger partial charge in [-0.05, 0) is 43.2 Å². The fourth-order valence-corrected chi connectivity index (χ4v) is 3.24. The number of rotatable bonds is 5. The normalized spacial score (nSPS) is 16.9. The van der Waals surface area contributed by atoms with Gasteiger partial charge in [-0.15, -0.1) is 10.2 Å². The molecular formula is C19H21N7O. The number of piperidine rings is 1. The van der Waals surface area contributed by atoms with Gasteiger partial charge in [0, 0.05) is 31.7 Å². The lowest BCUT2D eigenvalue weighted by Crippen LogP contribution is -2.43. The van der Waals surface area contributed by atoms with E-state index in [-0.39, 0.29) is 11.8 Å². The molecule has 1 aliphatic rings. The van der Waals surface area contributed by atoms with Crippen LogP contribution in [0.25, 0.3) is 5.82 Å². The third-order valence-electron chi connectivity index (χ3n) is 4.66. The van der Waals surface area contributed by atoms with Crippen LogP contribution in [0.3, 0.4) is 0 Å². The van der Waals surface area contributed by atoms with Gasteiger partial charge in [-0.1, -0.05) is 6.07 Å². The number of anilines is 1. The number of hydrogen-bond acceptors (Lipinski definition) is 6. The molecule has 0 spiro atoms. The van der Waals surface area contributed by atoms with Gasteiger partial charge in [-0.2, -0.15) is 5.10 Å². The monoisotopic (exact) mass is 363 g/mol. The standard InChI is InChI=1S/C19H21N7O/c27-19(21-13-16-6-1-2-9-20-16)15-5-3-11-25(14-15)17-7-8-18(24-23-17)26-12-4-10-22-26/h1-2,4,6-10,12,15H,3,5,11,13-14H2,(H,21,27)/t15-/m0/s1. The number of hydrogen-bond donors (Lipinski definition) is 1. The molecule has 3 aromatic heterocycles. The van der Waals surface area contributed by atoms with Crippen LogP contribution in [-0.4, -0.2) is 44.0 Å². The Morgan fingerprint density at radius 1 is 1.11 bits per heavy atom. The van der Waals surface area contributed by atoms with Gasteiger partial charge in [0.05, 0.1) is 18.2 Å². The Balaban J connectivity index is 1.36. The summed E-state index contributed by atoms with van der Waals surface area (Å²) in [6.45, 7) is 1.97. The largest absolute Gasteiger partial charge is 0.354 e. The highest BCUT2D eigenvalue weighted by atomic mass is 16.1. The lowest BCUT2D eigenvalue weighted by atomic mass is 9.97. The van der Waals surface area contributed by atoms with Crippen molar-refractivity contribution in [2.24, 2.45) is 5.92 Å². The second-order valence-electron chi connectivity index (χ2n) is 6.52. The fourth-order valence-electron chi connectivity index (χ4n) is 3.24. The van der Waals surface area contributed by atoms with Gasteiger partial charge in [-0.3, -0.25) is 9.78 Å². The van der Waals surface area contributed by atoms with Crippen molar-refractivity contribution in [2.45, 2.75) is 19.4 Å². The summed E-state index contributed by atoms with van der Waals surface area (Å²) in [6, 6.07) is 11.3. The first-order chi connectivity index (χ1) is 13.3. The molecule has 0 aromatic carbocycles. The minimum absolute atomic E-state index is 0.0601. The zero-order chi connectivity index (χ0) is 18.5. The predicted octanol–water partition coefficient (Wildman–Crippen LogP) is 1.59. The Labute approximate surface area is 157 Å². The lowest BCUT2D eigenvalue weighted by molar-refractivity contribution is -0.125. The minimum atomic E-state index is -0.0601. The smallest absolute Gasteiger partial charge is 0.225 e. The molecule has 1 fully saturated rings. The molecule has 0 radical (unpaired) electrons. The molecular weight excluding hydrogens is 342 g/mol. The number of nitrogens with zero attached hydrogens (tertiary/aromatic N) is 6. The van der Waals surface area contributed by atoms with Crippen LogP contribution >= 0.6 is 0 Å². The summed E-state index contributed by atoms with van der Waals surface area (Å²) in [5.41, 5.74) is 0.860. The van der Waals surface area contributed by atoms with Gasteiger partial charge in [-0.25, -0.2) is 4.68 Å². The molecule has 0 saturated carbocycles. The maximum atomic E-state index is 12.5. The van der Waals surface area contributed by atoms with Crippen LogP contribution in [0.2, 0.25) is 0 Å². The highest BCUT2D eigenvalue weighted by Crippen LogP contribution is 2.22. The summed E-state index contributed by atoms with van der Waals surface area (Å²) in [5, 5.41) is 15.7. The highest BCUT2D eigenvalue weighted by molar-refractivity contribution is 5.79. The molecule has 1 N–H and O–H groups in total. The Kier molecular flexibility index (Phi) is 5.04. The summed E-state index contributed by atoms with van der Waals surface area (Å²) in [7, 11) is 0. The maximum Gasteiger partial charge on any atom is 0.225 e. The van der Waals surface area contributed by atoms with Crippen molar-refractivity contribution in [2.75, 3.05) is 18.0 Å². The lowest BCUT2D eigenvalue weighted by Gasteiger charge is -2.32. The molecule has 4 heterocycles. The topological polar surface area (TPSA) is 88.8 Å². The third kappa shape index (κ3) is 4.11. The van der Waals surface area contributed by atoms with Gasteiger partial charge < -0.3 is 10.2 Å². The number of pyridine rings is 1. The molecule has 138 valence electrons. The summed E-state index contributed by atoms with van der Waals surface area (Å²) in [4.78, 5) is 18.9. The van der Waals surface area contributed by atoms with Crippen LogP contribution in [0.1, 0.15) is 18.5 Å². The van der Waals surface area contributed by atoms with Crippen LogP contribution in [0.15, 0.2) is 55.0 Å². The Bertz CT molecular complexity index is 865. The highest BCUT2D eigenvalue weighted by Gasteiger charge is 2.26. The molecule has 0 unspecified atom stereocenters. The number of carbonyl (C=O) groups is 1.